The number of carbonyl (C=O) groups is 2. The summed E-state index contributed by atoms with van der Waals surface area (Å²) < 4.78 is 12.3. The van der Waals surface area contributed by atoms with E-state index < -0.39 is 5.97 Å². The number of aromatic carboxylic acids is 1. The fraction of sp³-hybridized carbons (Fsp3) is 0.355. The molecule has 3 aromatic carbocycles. The van der Waals surface area contributed by atoms with Crippen molar-refractivity contribution in [3.05, 3.63) is 99.0 Å². The van der Waals surface area contributed by atoms with Gasteiger partial charge in [-0.25, -0.2) is 4.79 Å². The maximum Gasteiger partial charge on any atom is 0.335 e. The summed E-state index contributed by atoms with van der Waals surface area (Å²) in [6.45, 7) is 6.87. The van der Waals surface area contributed by atoms with Crippen molar-refractivity contribution < 1.29 is 24.2 Å². The normalized spacial score (nSPS) is 10.9. The highest BCUT2D eigenvalue weighted by Crippen LogP contribution is 2.22. The van der Waals surface area contributed by atoms with Crippen molar-refractivity contribution in [3.63, 3.8) is 0 Å². The summed E-state index contributed by atoms with van der Waals surface area (Å²) in [6.07, 6.45) is 2.85. The summed E-state index contributed by atoms with van der Waals surface area (Å²) in [5.41, 5.74) is 4.39. The Balaban J connectivity index is 1.65. The number of carboxylic acids is 1. The number of aryl methyl sites for hydroxylation is 1. The van der Waals surface area contributed by atoms with Gasteiger partial charge in [0.05, 0.1) is 12.2 Å². The van der Waals surface area contributed by atoms with Gasteiger partial charge in [0.15, 0.2) is 0 Å². The average Bonchev–Trinajstić information content (AvgIpc) is 2.89. The number of hydrogen-bond acceptors (Lipinski definition) is 5. The quantitative estimate of drug-likeness (QED) is 0.157. The minimum absolute atomic E-state index is 0.157. The minimum atomic E-state index is -0.912. The Labute approximate surface area is 233 Å². The van der Waals surface area contributed by atoms with Crippen LogP contribution in [0.1, 0.15) is 58.8 Å². The van der Waals surface area contributed by atoms with Crippen molar-refractivity contribution in [3.8, 4) is 5.75 Å². The molecule has 202 valence electrons. The molecule has 1 N–H and O–H groups in total. The molecule has 3 aromatic rings. The van der Waals surface area contributed by atoms with Crippen LogP contribution < -0.4 is 4.74 Å². The Morgan fingerprint density at radius 2 is 1.68 bits per heavy atom. The molecular weight excluding hydrogens is 546 g/mol. The molecule has 0 aromatic heterocycles. The second kappa shape index (κ2) is 15.3. The van der Waals surface area contributed by atoms with E-state index in [1.54, 1.807) is 6.07 Å². The summed E-state index contributed by atoms with van der Waals surface area (Å²) in [6, 6.07) is 21.7. The molecule has 0 aliphatic carbocycles. The molecule has 0 amide bonds. The molecule has 0 bridgehead atoms. The summed E-state index contributed by atoms with van der Waals surface area (Å²) >= 11 is 3.47. The van der Waals surface area contributed by atoms with Crippen LogP contribution in [0.5, 0.6) is 5.75 Å². The zero-order valence-corrected chi connectivity index (χ0v) is 23.7. The minimum Gasteiger partial charge on any atom is -0.489 e. The number of nitrogens with zero attached hydrogens (tertiary/aromatic N) is 1. The first-order valence-electron chi connectivity index (χ1n) is 13.0. The number of benzene rings is 3. The number of halogens is 1. The smallest absolute Gasteiger partial charge is 0.335 e. The van der Waals surface area contributed by atoms with E-state index in [1.165, 1.54) is 0 Å². The molecule has 6 nitrogen and oxygen atoms in total. The Morgan fingerprint density at radius 1 is 0.947 bits per heavy atom. The van der Waals surface area contributed by atoms with Crippen molar-refractivity contribution in [1.29, 1.82) is 0 Å². The van der Waals surface area contributed by atoms with Crippen LogP contribution in [-0.2, 0) is 29.1 Å². The molecule has 38 heavy (non-hydrogen) atoms. The predicted molar refractivity (Wildman–Crippen MR) is 153 cm³/mol. The lowest BCUT2D eigenvalue weighted by atomic mass is 10.0. The van der Waals surface area contributed by atoms with Crippen molar-refractivity contribution in [2.24, 2.45) is 0 Å². The van der Waals surface area contributed by atoms with Gasteiger partial charge in [-0.2, -0.15) is 0 Å². The van der Waals surface area contributed by atoms with Crippen LogP contribution in [0.25, 0.3) is 0 Å². The molecule has 0 heterocycles. The fourth-order valence-corrected chi connectivity index (χ4v) is 4.57. The highest BCUT2D eigenvalue weighted by Gasteiger charge is 2.13. The number of rotatable bonds is 15. The topological polar surface area (TPSA) is 76.1 Å². The lowest BCUT2D eigenvalue weighted by molar-refractivity contribution is -0.143. The van der Waals surface area contributed by atoms with Crippen LogP contribution in [0.2, 0.25) is 0 Å². The second-order valence-electron chi connectivity index (χ2n) is 9.27. The Bertz CT molecular complexity index is 1200. The summed E-state index contributed by atoms with van der Waals surface area (Å²) in [4.78, 5) is 25.5. The number of esters is 1. The Hall–Kier alpha value is -3.16. The molecule has 0 saturated heterocycles. The van der Waals surface area contributed by atoms with E-state index >= 15 is 0 Å². The van der Waals surface area contributed by atoms with Gasteiger partial charge >= 0.3 is 11.9 Å². The SMILES string of the molecule is CCOC(=O)CCCCN(CCc1ccccc1OCc1ccc(Br)cc1)Cc1ccc(C(=O)O)c(C)c1. The van der Waals surface area contributed by atoms with Gasteiger partial charge in [-0.15, -0.1) is 0 Å². The number of para-hydroxylation sites is 1. The molecule has 0 radical (unpaired) electrons. The standard InChI is InChI=1S/C31H36BrNO5/c1-3-37-30(34)10-6-7-18-33(21-25-13-16-28(31(35)36)23(2)20-25)19-17-26-8-4-5-9-29(26)38-22-24-11-14-27(32)15-12-24/h4-5,8-9,11-16,20H,3,6-7,10,17-19,21-22H2,1-2H3,(H,35,36). The molecular formula is C31H36BrNO5. The van der Waals surface area contributed by atoms with Crippen LogP contribution >= 0.6 is 15.9 Å². The molecule has 0 spiro atoms. The van der Waals surface area contributed by atoms with Gasteiger partial charge in [-0.1, -0.05) is 58.4 Å². The number of ether oxygens (including phenoxy) is 2. The van der Waals surface area contributed by atoms with E-state index in [-0.39, 0.29) is 5.97 Å². The highest BCUT2D eigenvalue weighted by molar-refractivity contribution is 9.10. The van der Waals surface area contributed by atoms with E-state index in [4.69, 9.17) is 9.47 Å². The van der Waals surface area contributed by atoms with E-state index in [0.717, 1.165) is 64.8 Å². The van der Waals surface area contributed by atoms with E-state index in [1.807, 2.05) is 68.4 Å². The van der Waals surface area contributed by atoms with E-state index in [2.05, 4.69) is 26.9 Å². The third-order valence-electron chi connectivity index (χ3n) is 6.32. The largest absolute Gasteiger partial charge is 0.489 e. The van der Waals surface area contributed by atoms with Crippen molar-refractivity contribution >= 4 is 27.9 Å². The molecule has 0 atom stereocenters. The molecule has 0 fully saturated rings. The molecule has 3 rings (SSSR count). The van der Waals surface area contributed by atoms with E-state index in [0.29, 0.717) is 31.7 Å². The molecule has 0 unspecified atom stereocenters. The molecule has 0 aliphatic rings. The van der Waals surface area contributed by atoms with Gasteiger partial charge in [0, 0.05) is 24.0 Å². The first-order valence-corrected chi connectivity index (χ1v) is 13.8. The number of carboxylic acid groups (broad SMARTS) is 1. The lowest BCUT2D eigenvalue weighted by Gasteiger charge is -2.23. The van der Waals surface area contributed by atoms with Crippen LogP contribution in [0.3, 0.4) is 0 Å². The summed E-state index contributed by atoms with van der Waals surface area (Å²) in [7, 11) is 0. The zero-order valence-electron chi connectivity index (χ0n) is 22.1. The first kappa shape index (κ1) is 29.4. The van der Waals surface area contributed by atoms with Crippen LogP contribution in [0.15, 0.2) is 71.2 Å². The van der Waals surface area contributed by atoms with Crippen molar-refractivity contribution in [2.75, 3.05) is 19.7 Å². The highest BCUT2D eigenvalue weighted by atomic mass is 79.9. The van der Waals surface area contributed by atoms with Gasteiger partial charge in [-0.05, 0) is 86.2 Å². The molecule has 7 heteroatoms. The molecule has 0 saturated carbocycles. The Kier molecular flexibility index (Phi) is 11.8. The maximum absolute atomic E-state index is 11.7. The zero-order chi connectivity index (χ0) is 27.3. The van der Waals surface area contributed by atoms with Gasteiger partial charge in [0.1, 0.15) is 12.4 Å². The third kappa shape index (κ3) is 9.62. The van der Waals surface area contributed by atoms with Gasteiger partial charge < -0.3 is 14.6 Å². The fourth-order valence-electron chi connectivity index (χ4n) is 4.30. The lowest BCUT2D eigenvalue weighted by Crippen LogP contribution is -2.27. The second-order valence-corrected chi connectivity index (χ2v) is 10.2. The van der Waals surface area contributed by atoms with Gasteiger partial charge in [0.2, 0.25) is 0 Å². The summed E-state index contributed by atoms with van der Waals surface area (Å²) in [5, 5.41) is 9.37. The average molecular weight is 583 g/mol. The van der Waals surface area contributed by atoms with Crippen LogP contribution in [-0.4, -0.2) is 41.6 Å². The summed E-state index contributed by atoms with van der Waals surface area (Å²) in [5.74, 6) is -0.195. The van der Waals surface area contributed by atoms with Gasteiger partial charge in [0.25, 0.3) is 0 Å². The Morgan fingerprint density at radius 3 is 2.39 bits per heavy atom. The van der Waals surface area contributed by atoms with Crippen LogP contribution in [0.4, 0.5) is 0 Å². The van der Waals surface area contributed by atoms with E-state index in [9.17, 15) is 14.7 Å². The first-order chi connectivity index (χ1) is 18.4. The van der Waals surface area contributed by atoms with Gasteiger partial charge in [-0.3, -0.25) is 9.69 Å². The monoisotopic (exact) mass is 581 g/mol. The maximum atomic E-state index is 11.7. The number of carbonyl (C=O) groups excluding carboxylic acids is 1. The van der Waals surface area contributed by atoms with Crippen molar-refractivity contribution in [2.45, 2.75) is 52.7 Å². The van der Waals surface area contributed by atoms with Crippen molar-refractivity contribution in [1.82, 2.24) is 4.90 Å². The van der Waals surface area contributed by atoms with Crippen LogP contribution in [0, 0.1) is 6.92 Å². The number of unbranched alkanes of at least 4 members (excludes halogenated alkanes) is 1. The third-order valence-corrected chi connectivity index (χ3v) is 6.84. The predicted octanol–water partition coefficient (Wildman–Crippen LogP) is 6.81. The number of hydrogen-bond donors (Lipinski definition) is 1. The molecule has 0 aliphatic heterocycles.